The van der Waals surface area contributed by atoms with Crippen molar-refractivity contribution in [1.29, 1.82) is 0 Å². The molecule has 0 saturated carbocycles. The van der Waals surface area contributed by atoms with Gasteiger partial charge in [-0.05, 0) is 17.7 Å². The van der Waals surface area contributed by atoms with E-state index in [1.807, 2.05) is 12.1 Å². The average molecular weight is 286 g/mol. The van der Waals surface area contributed by atoms with E-state index < -0.39 is 10.0 Å². The Kier molecular flexibility index (Phi) is 6.27. The van der Waals surface area contributed by atoms with E-state index in [0.29, 0.717) is 11.7 Å². The van der Waals surface area contributed by atoms with Gasteiger partial charge in [0.15, 0.2) is 0 Å². The molecule has 0 unspecified atom stereocenters. The second kappa shape index (κ2) is 7.47. The van der Waals surface area contributed by atoms with Gasteiger partial charge in [-0.3, -0.25) is 4.72 Å². The zero-order valence-electron chi connectivity index (χ0n) is 11.6. The normalized spacial score (nSPS) is 11.8. The fourth-order valence-corrected chi connectivity index (χ4v) is 2.42. The summed E-state index contributed by atoms with van der Waals surface area (Å²) in [7, 11) is -1.85. The van der Waals surface area contributed by atoms with Crippen molar-refractivity contribution in [1.82, 2.24) is 5.32 Å². The third-order valence-corrected chi connectivity index (χ3v) is 3.75. The topological polar surface area (TPSA) is 67.4 Å². The molecule has 0 atom stereocenters. The third-order valence-electron chi connectivity index (χ3n) is 2.50. The highest BCUT2D eigenvalue weighted by Crippen LogP contribution is 2.11. The van der Waals surface area contributed by atoms with Gasteiger partial charge in [0.25, 0.3) is 0 Å². The molecule has 5 nitrogen and oxygen atoms in total. The lowest BCUT2D eigenvalue weighted by Gasteiger charge is -2.10. The molecule has 0 aromatic heterocycles. The highest BCUT2D eigenvalue weighted by molar-refractivity contribution is 7.92. The van der Waals surface area contributed by atoms with Crippen molar-refractivity contribution in [3.63, 3.8) is 0 Å². The molecular formula is C13H22N2O3S. The van der Waals surface area contributed by atoms with Gasteiger partial charge in [0.05, 0.1) is 12.4 Å². The predicted octanol–water partition coefficient (Wildman–Crippen LogP) is 1.57. The molecule has 0 bridgehead atoms. The Bertz CT molecular complexity index is 469. The first-order chi connectivity index (χ1) is 8.93. The molecule has 1 aromatic carbocycles. The van der Waals surface area contributed by atoms with Gasteiger partial charge in [-0.25, -0.2) is 8.42 Å². The van der Waals surface area contributed by atoms with Gasteiger partial charge in [0, 0.05) is 25.4 Å². The van der Waals surface area contributed by atoms with Crippen molar-refractivity contribution in [3.05, 3.63) is 29.8 Å². The summed E-state index contributed by atoms with van der Waals surface area (Å²) in [6, 6.07) is 7.77. The van der Waals surface area contributed by atoms with Crippen molar-refractivity contribution in [2.24, 2.45) is 0 Å². The number of rotatable bonds is 8. The molecule has 6 heteroatoms. The van der Waals surface area contributed by atoms with Crippen LogP contribution < -0.4 is 10.0 Å². The van der Waals surface area contributed by atoms with Crippen LogP contribution in [0.5, 0.6) is 0 Å². The Labute approximate surface area is 115 Å². The van der Waals surface area contributed by atoms with Crippen molar-refractivity contribution in [2.45, 2.75) is 26.4 Å². The molecule has 108 valence electrons. The summed E-state index contributed by atoms with van der Waals surface area (Å²) in [5.41, 5.74) is 1.69. The van der Waals surface area contributed by atoms with Crippen molar-refractivity contribution < 1.29 is 13.2 Å². The van der Waals surface area contributed by atoms with Crippen LogP contribution in [-0.4, -0.2) is 33.9 Å². The Hall–Kier alpha value is -1.11. The molecule has 1 rings (SSSR count). The molecule has 0 fully saturated rings. The van der Waals surface area contributed by atoms with Crippen molar-refractivity contribution >= 4 is 15.7 Å². The maximum atomic E-state index is 11.7. The standard InChI is InChI=1S/C13H22N2O3S/c1-11(2)14-10-12-4-6-13(7-5-12)15-19(16,17)9-8-18-3/h4-7,11,14-15H,8-10H2,1-3H3. The molecule has 0 heterocycles. The van der Waals surface area contributed by atoms with E-state index >= 15 is 0 Å². The summed E-state index contributed by atoms with van der Waals surface area (Å²) >= 11 is 0. The van der Waals surface area contributed by atoms with Crippen molar-refractivity contribution in [3.8, 4) is 0 Å². The minimum absolute atomic E-state index is 0.0415. The summed E-state index contributed by atoms with van der Waals surface area (Å²) in [5, 5.41) is 3.30. The molecule has 0 saturated heterocycles. The summed E-state index contributed by atoms with van der Waals surface area (Å²) in [4.78, 5) is 0. The number of hydrogen-bond donors (Lipinski definition) is 2. The smallest absolute Gasteiger partial charge is 0.234 e. The molecule has 0 aliphatic carbocycles. The van der Waals surface area contributed by atoms with Gasteiger partial charge in [-0.2, -0.15) is 0 Å². The van der Waals surface area contributed by atoms with E-state index in [9.17, 15) is 8.42 Å². The number of methoxy groups -OCH3 is 1. The predicted molar refractivity (Wildman–Crippen MR) is 77.7 cm³/mol. The Morgan fingerprint density at radius 2 is 1.84 bits per heavy atom. The average Bonchev–Trinajstić information content (AvgIpc) is 2.35. The monoisotopic (exact) mass is 286 g/mol. The van der Waals surface area contributed by atoms with E-state index in [4.69, 9.17) is 4.74 Å². The number of benzene rings is 1. The van der Waals surface area contributed by atoms with Crippen LogP contribution in [0, 0.1) is 0 Å². The lowest BCUT2D eigenvalue weighted by molar-refractivity contribution is 0.217. The molecule has 0 aliphatic heterocycles. The first-order valence-electron chi connectivity index (χ1n) is 6.24. The maximum Gasteiger partial charge on any atom is 0.234 e. The van der Waals surface area contributed by atoms with E-state index in [-0.39, 0.29) is 12.4 Å². The summed E-state index contributed by atoms with van der Waals surface area (Å²) in [5.74, 6) is -0.0415. The largest absolute Gasteiger partial charge is 0.384 e. The summed E-state index contributed by atoms with van der Waals surface area (Å²) in [6.45, 7) is 5.12. The molecule has 19 heavy (non-hydrogen) atoms. The molecule has 0 radical (unpaired) electrons. The minimum atomic E-state index is -3.33. The van der Waals surface area contributed by atoms with Crippen LogP contribution in [0.1, 0.15) is 19.4 Å². The van der Waals surface area contributed by atoms with Crippen LogP contribution in [0.15, 0.2) is 24.3 Å². The first-order valence-corrected chi connectivity index (χ1v) is 7.90. The number of ether oxygens (including phenoxy) is 1. The van der Waals surface area contributed by atoms with Gasteiger partial charge in [-0.1, -0.05) is 26.0 Å². The van der Waals surface area contributed by atoms with Crippen molar-refractivity contribution in [2.75, 3.05) is 24.2 Å². The van der Waals surface area contributed by atoms with Crippen LogP contribution >= 0.6 is 0 Å². The Morgan fingerprint density at radius 3 is 2.37 bits per heavy atom. The second-order valence-corrected chi connectivity index (χ2v) is 6.49. The molecule has 2 N–H and O–H groups in total. The van der Waals surface area contributed by atoms with Crippen LogP contribution in [-0.2, 0) is 21.3 Å². The summed E-state index contributed by atoms with van der Waals surface area (Å²) < 4.78 is 30.6. The zero-order chi connectivity index (χ0) is 14.3. The fourth-order valence-electron chi connectivity index (χ4n) is 1.44. The summed E-state index contributed by atoms with van der Waals surface area (Å²) in [6.07, 6.45) is 0. The second-order valence-electron chi connectivity index (χ2n) is 4.65. The van der Waals surface area contributed by atoms with E-state index in [1.165, 1.54) is 7.11 Å². The lowest BCUT2D eigenvalue weighted by Crippen LogP contribution is -2.22. The van der Waals surface area contributed by atoms with E-state index in [0.717, 1.165) is 12.1 Å². The number of nitrogens with one attached hydrogen (secondary N) is 2. The first kappa shape index (κ1) is 15.9. The molecule has 0 aliphatic rings. The number of sulfonamides is 1. The molecule has 1 aromatic rings. The fraction of sp³-hybridized carbons (Fsp3) is 0.538. The van der Waals surface area contributed by atoms with Crippen LogP contribution in [0.3, 0.4) is 0 Å². The van der Waals surface area contributed by atoms with Gasteiger partial charge in [0.2, 0.25) is 10.0 Å². The maximum absolute atomic E-state index is 11.7. The van der Waals surface area contributed by atoms with Gasteiger partial charge in [-0.15, -0.1) is 0 Å². The highest BCUT2D eigenvalue weighted by Gasteiger charge is 2.09. The van der Waals surface area contributed by atoms with Gasteiger partial charge in [0.1, 0.15) is 0 Å². The third kappa shape index (κ3) is 6.56. The van der Waals surface area contributed by atoms with Crippen LogP contribution in [0.2, 0.25) is 0 Å². The number of hydrogen-bond acceptors (Lipinski definition) is 4. The number of anilines is 1. The molecule has 0 spiro atoms. The van der Waals surface area contributed by atoms with Gasteiger partial charge < -0.3 is 10.1 Å². The van der Waals surface area contributed by atoms with Crippen LogP contribution in [0.4, 0.5) is 5.69 Å². The zero-order valence-corrected chi connectivity index (χ0v) is 12.5. The lowest BCUT2D eigenvalue weighted by atomic mass is 10.2. The molecule has 0 amide bonds. The molecular weight excluding hydrogens is 264 g/mol. The minimum Gasteiger partial charge on any atom is -0.384 e. The van der Waals surface area contributed by atoms with Gasteiger partial charge >= 0.3 is 0 Å². The Balaban J connectivity index is 2.56. The van der Waals surface area contributed by atoms with E-state index in [2.05, 4.69) is 23.9 Å². The quantitative estimate of drug-likeness (QED) is 0.761. The highest BCUT2D eigenvalue weighted by atomic mass is 32.2. The van der Waals surface area contributed by atoms with E-state index in [1.54, 1.807) is 12.1 Å². The van der Waals surface area contributed by atoms with Crippen LogP contribution in [0.25, 0.3) is 0 Å². The Morgan fingerprint density at radius 1 is 1.21 bits per heavy atom. The SMILES string of the molecule is COCCS(=O)(=O)Nc1ccc(CNC(C)C)cc1.